The minimum atomic E-state index is -4.56. The number of hydrogen-bond acceptors (Lipinski definition) is 3. The second-order valence-electron chi connectivity index (χ2n) is 6.22. The Bertz CT molecular complexity index is 1010. The Kier molecular flexibility index (Phi) is 6.60. The molecule has 0 radical (unpaired) electrons. The van der Waals surface area contributed by atoms with Gasteiger partial charge in [0.25, 0.3) is 5.91 Å². The number of amides is 1. The van der Waals surface area contributed by atoms with Crippen LogP contribution in [0.2, 0.25) is 5.02 Å². The number of aromatic nitrogens is 1. The van der Waals surface area contributed by atoms with Gasteiger partial charge in [-0.1, -0.05) is 11.6 Å². The van der Waals surface area contributed by atoms with Crippen LogP contribution in [0, 0.1) is 11.6 Å². The van der Waals surface area contributed by atoms with Gasteiger partial charge in [-0.25, -0.2) is 21.9 Å². The van der Waals surface area contributed by atoms with E-state index >= 15 is 0 Å². The molecule has 1 atom stereocenters. The summed E-state index contributed by atoms with van der Waals surface area (Å²) in [6.07, 6.45) is -4.91. The molecule has 6 nitrogen and oxygen atoms in total. The third-order valence-electron chi connectivity index (χ3n) is 3.66. The Labute approximate surface area is 167 Å². The van der Waals surface area contributed by atoms with Gasteiger partial charge in [0.2, 0.25) is 10.0 Å². The van der Waals surface area contributed by atoms with Crippen LogP contribution in [-0.2, 0) is 17.1 Å². The van der Waals surface area contributed by atoms with Gasteiger partial charge in [0.15, 0.2) is 11.6 Å². The standard InChI is InChI=1S/C16H15ClF5N3O3S/c1-8(6-16(20,21)22)24-29(27,28)10-5-13(25(2)7-10)15(26)23-9-3-11(17)14(19)12(18)4-9/h3-5,7-8,24H,6H2,1-2H3,(H,23,26). The summed E-state index contributed by atoms with van der Waals surface area (Å²) in [6.45, 7) is 1.05. The van der Waals surface area contributed by atoms with Crippen molar-refractivity contribution in [1.29, 1.82) is 0 Å². The van der Waals surface area contributed by atoms with Crippen molar-refractivity contribution in [2.75, 3.05) is 5.32 Å². The van der Waals surface area contributed by atoms with Crippen LogP contribution in [0.15, 0.2) is 29.3 Å². The van der Waals surface area contributed by atoms with Crippen molar-refractivity contribution in [2.45, 2.75) is 30.5 Å². The minimum Gasteiger partial charge on any atom is -0.345 e. The average molecular weight is 460 g/mol. The number of hydrogen-bond donors (Lipinski definition) is 2. The van der Waals surface area contributed by atoms with E-state index in [0.717, 1.165) is 29.8 Å². The zero-order chi connectivity index (χ0) is 22.1. The molecule has 0 bridgehead atoms. The fourth-order valence-electron chi connectivity index (χ4n) is 2.45. The first-order valence-electron chi connectivity index (χ1n) is 7.91. The van der Waals surface area contributed by atoms with Gasteiger partial charge in [0.1, 0.15) is 10.6 Å². The van der Waals surface area contributed by atoms with Gasteiger partial charge in [-0.05, 0) is 19.1 Å². The lowest BCUT2D eigenvalue weighted by molar-refractivity contribution is -0.137. The summed E-state index contributed by atoms with van der Waals surface area (Å²) in [6, 6.07) is 1.14. The number of benzene rings is 1. The number of sulfonamides is 1. The highest BCUT2D eigenvalue weighted by atomic mass is 35.5. The summed E-state index contributed by atoms with van der Waals surface area (Å²) >= 11 is 5.50. The first-order valence-corrected chi connectivity index (χ1v) is 9.77. The van der Waals surface area contributed by atoms with Crippen LogP contribution in [0.4, 0.5) is 27.6 Å². The van der Waals surface area contributed by atoms with E-state index in [2.05, 4.69) is 5.32 Å². The zero-order valence-electron chi connectivity index (χ0n) is 14.9. The normalized spacial score (nSPS) is 13.4. The van der Waals surface area contributed by atoms with E-state index in [9.17, 15) is 35.2 Å². The highest BCUT2D eigenvalue weighted by Crippen LogP contribution is 2.25. The molecule has 0 saturated heterocycles. The Morgan fingerprint density at radius 3 is 2.41 bits per heavy atom. The molecule has 1 amide bonds. The molecule has 0 spiro atoms. The maximum absolute atomic E-state index is 13.4. The van der Waals surface area contributed by atoms with E-state index in [0.29, 0.717) is 6.07 Å². The highest BCUT2D eigenvalue weighted by molar-refractivity contribution is 7.89. The Morgan fingerprint density at radius 2 is 1.86 bits per heavy atom. The van der Waals surface area contributed by atoms with E-state index in [-0.39, 0.29) is 11.4 Å². The van der Waals surface area contributed by atoms with Gasteiger partial charge in [0.05, 0.1) is 11.4 Å². The number of carbonyl (C=O) groups is 1. The van der Waals surface area contributed by atoms with Gasteiger partial charge in [-0.2, -0.15) is 13.2 Å². The third kappa shape index (κ3) is 5.90. The molecule has 2 N–H and O–H groups in total. The second-order valence-corrected chi connectivity index (χ2v) is 8.34. The first-order chi connectivity index (χ1) is 13.2. The molecule has 0 aliphatic carbocycles. The van der Waals surface area contributed by atoms with Crippen LogP contribution in [0.1, 0.15) is 23.8 Å². The summed E-state index contributed by atoms with van der Waals surface area (Å²) in [7, 11) is -3.02. The van der Waals surface area contributed by atoms with Crippen molar-refractivity contribution in [3.8, 4) is 0 Å². The van der Waals surface area contributed by atoms with E-state index in [1.807, 2.05) is 4.72 Å². The molecule has 0 aliphatic rings. The lowest BCUT2D eigenvalue weighted by Crippen LogP contribution is -2.35. The van der Waals surface area contributed by atoms with Crippen molar-refractivity contribution >= 4 is 33.2 Å². The smallest absolute Gasteiger partial charge is 0.345 e. The molecule has 0 saturated carbocycles. The van der Waals surface area contributed by atoms with Crippen molar-refractivity contribution in [3.05, 3.63) is 46.7 Å². The maximum atomic E-state index is 13.4. The minimum absolute atomic E-state index is 0.179. The molecule has 160 valence electrons. The van der Waals surface area contributed by atoms with Crippen LogP contribution in [0.5, 0.6) is 0 Å². The molecule has 29 heavy (non-hydrogen) atoms. The fourth-order valence-corrected chi connectivity index (χ4v) is 3.97. The van der Waals surface area contributed by atoms with Crippen molar-refractivity contribution in [3.63, 3.8) is 0 Å². The molecule has 2 rings (SSSR count). The molecule has 1 aromatic heterocycles. The van der Waals surface area contributed by atoms with Crippen LogP contribution < -0.4 is 10.0 Å². The van der Waals surface area contributed by atoms with Crippen LogP contribution >= 0.6 is 11.6 Å². The summed E-state index contributed by atoms with van der Waals surface area (Å²) in [4.78, 5) is 11.9. The predicted octanol–water partition coefficient (Wildman–Crippen LogP) is 3.83. The average Bonchev–Trinajstić information content (AvgIpc) is 2.93. The highest BCUT2D eigenvalue weighted by Gasteiger charge is 2.32. The summed E-state index contributed by atoms with van der Waals surface area (Å²) in [5, 5.41) is 1.66. The molecule has 1 aromatic carbocycles. The molecule has 0 fully saturated rings. The molecule has 0 aliphatic heterocycles. The van der Waals surface area contributed by atoms with E-state index in [4.69, 9.17) is 11.6 Å². The quantitative estimate of drug-likeness (QED) is 0.509. The van der Waals surface area contributed by atoms with Gasteiger partial charge in [-0.15, -0.1) is 0 Å². The Morgan fingerprint density at radius 1 is 1.24 bits per heavy atom. The largest absolute Gasteiger partial charge is 0.390 e. The molecule has 1 heterocycles. The van der Waals surface area contributed by atoms with E-state index in [1.165, 1.54) is 7.05 Å². The first kappa shape index (κ1) is 23.1. The predicted molar refractivity (Wildman–Crippen MR) is 95.2 cm³/mol. The molecule has 2 aromatic rings. The lowest BCUT2D eigenvalue weighted by atomic mass is 10.2. The number of anilines is 1. The van der Waals surface area contributed by atoms with Crippen LogP contribution in [-0.4, -0.2) is 31.1 Å². The summed E-state index contributed by atoms with van der Waals surface area (Å²) < 4.78 is 91.3. The number of aryl methyl sites for hydroxylation is 1. The molecule has 13 heteroatoms. The number of carbonyl (C=O) groups excluding carboxylic acids is 1. The van der Waals surface area contributed by atoms with Gasteiger partial charge >= 0.3 is 6.18 Å². The number of rotatable bonds is 6. The monoisotopic (exact) mass is 459 g/mol. The number of nitrogens with one attached hydrogen (secondary N) is 2. The molecular weight excluding hydrogens is 445 g/mol. The third-order valence-corrected chi connectivity index (χ3v) is 5.49. The van der Waals surface area contributed by atoms with Crippen molar-refractivity contribution in [1.82, 2.24) is 9.29 Å². The SMILES string of the molecule is CC(CC(F)(F)F)NS(=O)(=O)c1cc(C(=O)Nc2cc(F)c(F)c(Cl)c2)n(C)c1. The lowest BCUT2D eigenvalue weighted by Gasteiger charge is -2.15. The van der Waals surface area contributed by atoms with Crippen molar-refractivity contribution < 1.29 is 35.2 Å². The van der Waals surface area contributed by atoms with Crippen LogP contribution in [0.25, 0.3) is 0 Å². The number of alkyl halides is 3. The summed E-state index contributed by atoms with van der Waals surface area (Å²) in [5.41, 5.74) is -0.379. The second kappa shape index (κ2) is 8.28. The zero-order valence-corrected chi connectivity index (χ0v) is 16.5. The molecule has 1 unspecified atom stereocenters. The maximum Gasteiger partial charge on any atom is 0.390 e. The number of nitrogens with zero attached hydrogens (tertiary/aromatic N) is 1. The van der Waals surface area contributed by atoms with Gasteiger partial charge in [0, 0.05) is 31.0 Å². The fraction of sp³-hybridized carbons (Fsp3) is 0.312. The summed E-state index contributed by atoms with van der Waals surface area (Å²) in [5.74, 6) is -3.47. The van der Waals surface area contributed by atoms with Crippen LogP contribution in [0.3, 0.4) is 0 Å². The number of halogens is 6. The van der Waals surface area contributed by atoms with E-state index in [1.54, 1.807) is 0 Å². The van der Waals surface area contributed by atoms with Gasteiger partial charge in [-0.3, -0.25) is 4.79 Å². The Balaban J connectivity index is 2.22. The topological polar surface area (TPSA) is 80.2 Å². The van der Waals surface area contributed by atoms with Gasteiger partial charge < -0.3 is 9.88 Å². The van der Waals surface area contributed by atoms with Crippen molar-refractivity contribution in [2.24, 2.45) is 7.05 Å². The van der Waals surface area contributed by atoms with E-state index < -0.39 is 56.1 Å². The molecular formula is C16H15ClF5N3O3S. The Hall–Kier alpha value is -2.18.